The van der Waals surface area contributed by atoms with E-state index in [2.05, 4.69) is 10.4 Å². The van der Waals surface area contributed by atoms with E-state index in [4.69, 9.17) is 5.73 Å². The third kappa shape index (κ3) is 3.51. The lowest BCUT2D eigenvalue weighted by atomic mass is 9.97. The van der Waals surface area contributed by atoms with Crippen LogP contribution >= 0.6 is 0 Å². The van der Waals surface area contributed by atoms with Crippen molar-refractivity contribution in [2.75, 3.05) is 10.3 Å². The lowest BCUT2D eigenvalue weighted by Gasteiger charge is -2.17. The molecule has 0 saturated heterocycles. The standard InChI is InChI=1S/C21H22N4O3/c1-12(2)15-11-7-8-13(3)17(15)23-20(27)18(26)16-19(22)24-25(21(16)28)14-9-5-4-6-10-14/h4-12,16H,1-3H3,(H2,22,24)(H,23,27)/t16-/m0/s1. The van der Waals surface area contributed by atoms with Gasteiger partial charge >= 0.3 is 0 Å². The Morgan fingerprint density at radius 1 is 1.11 bits per heavy atom. The molecule has 2 aromatic carbocycles. The largest absolute Gasteiger partial charge is 0.385 e. The van der Waals surface area contributed by atoms with Crippen LogP contribution in [-0.4, -0.2) is 23.4 Å². The monoisotopic (exact) mass is 378 g/mol. The number of hydrazone groups is 1. The molecule has 144 valence electrons. The summed E-state index contributed by atoms with van der Waals surface area (Å²) in [5.41, 5.74) is 8.62. The van der Waals surface area contributed by atoms with E-state index < -0.39 is 23.5 Å². The first-order chi connectivity index (χ1) is 13.3. The number of Topliss-reactive ketones (excluding diaryl/α,β-unsaturated/α-hetero) is 1. The van der Waals surface area contributed by atoms with E-state index in [1.807, 2.05) is 39.0 Å². The van der Waals surface area contributed by atoms with Gasteiger partial charge in [-0.25, -0.2) is 0 Å². The molecule has 0 aliphatic carbocycles. The maximum atomic E-state index is 12.7. The first-order valence-corrected chi connectivity index (χ1v) is 8.99. The van der Waals surface area contributed by atoms with Crippen molar-refractivity contribution in [3.63, 3.8) is 0 Å². The van der Waals surface area contributed by atoms with E-state index >= 15 is 0 Å². The molecule has 0 saturated carbocycles. The minimum Gasteiger partial charge on any atom is -0.385 e. The second-order valence-electron chi connectivity index (χ2n) is 6.96. The SMILES string of the molecule is Cc1cccc(C(C)C)c1NC(=O)C(=O)[C@@H]1C(=O)N(c2ccccc2)N=C1N. The van der Waals surface area contributed by atoms with Crippen molar-refractivity contribution in [2.24, 2.45) is 16.8 Å². The normalized spacial score (nSPS) is 16.3. The van der Waals surface area contributed by atoms with Crippen LogP contribution in [0.3, 0.4) is 0 Å². The Morgan fingerprint density at radius 3 is 2.43 bits per heavy atom. The minimum absolute atomic E-state index is 0.151. The molecule has 0 fully saturated rings. The number of nitrogens with two attached hydrogens (primary N) is 1. The molecule has 28 heavy (non-hydrogen) atoms. The summed E-state index contributed by atoms with van der Waals surface area (Å²) in [5, 5.41) is 7.69. The molecule has 0 unspecified atom stereocenters. The highest BCUT2D eigenvalue weighted by molar-refractivity contribution is 6.50. The second-order valence-corrected chi connectivity index (χ2v) is 6.96. The molecular formula is C21H22N4O3. The van der Waals surface area contributed by atoms with E-state index in [1.165, 1.54) is 0 Å². The fraction of sp³-hybridized carbons (Fsp3) is 0.238. The van der Waals surface area contributed by atoms with Gasteiger partial charge in [-0.15, -0.1) is 0 Å². The summed E-state index contributed by atoms with van der Waals surface area (Å²) in [7, 11) is 0. The Balaban J connectivity index is 1.83. The lowest BCUT2D eigenvalue weighted by Crippen LogP contribution is -2.41. The zero-order valence-electron chi connectivity index (χ0n) is 16.0. The van der Waals surface area contributed by atoms with Gasteiger partial charge in [-0.2, -0.15) is 10.1 Å². The van der Waals surface area contributed by atoms with Crippen LogP contribution in [0.5, 0.6) is 0 Å². The van der Waals surface area contributed by atoms with Crippen LogP contribution in [0.25, 0.3) is 0 Å². The van der Waals surface area contributed by atoms with Crippen molar-refractivity contribution < 1.29 is 14.4 Å². The fourth-order valence-electron chi connectivity index (χ4n) is 3.12. The van der Waals surface area contributed by atoms with Crippen molar-refractivity contribution >= 4 is 34.8 Å². The summed E-state index contributed by atoms with van der Waals surface area (Å²) in [6, 6.07) is 14.2. The van der Waals surface area contributed by atoms with Gasteiger partial charge in [-0.1, -0.05) is 50.2 Å². The number of hydrogen-bond donors (Lipinski definition) is 2. The molecule has 2 aromatic rings. The van der Waals surface area contributed by atoms with Crippen molar-refractivity contribution in [1.82, 2.24) is 0 Å². The van der Waals surface area contributed by atoms with Crippen LogP contribution < -0.4 is 16.1 Å². The number of carbonyl (C=O) groups is 3. The Kier molecular flexibility index (Phi) is 5.26. The van der Waals surface area contributed by atoms with Crippen molar-refractivity contribution in [3.8, 4) is 0 Å². The number of aryl methyl sites for hydroxylation is 1. The van der Waals surface area contributed by atoms with E-state index in [-0.39, 0.29) is 11.8 Å². The molecule has 0 aromatic heterocycles. The smallest absolute Gasteiger partial charge is 0.293 e. The van der Waals surface area contributed by atoms with Crippen LogP contribution in [0.1, 0.15) is 30.9 Å². The number of amidine groups is 1. The van der Waals surface area contributed by atoms with Gasteiger partial charge in [-0.05, 0) is 36.1 Å². The molecule has 7 heteroatoms. The Bertz CT molecular complexity index is 967. The lowest BCUT2D eigenvalue weighted by molar-refractivity contribution is -0.138. The Hall–Kier alpha value is -3.48. The Morgan fingerprint density at radius 2 is 1.79 bits per heavy atom. The minimum atomic E-state index is -1.42. The maximum Gasteiger partial charge on any atom is 0.293 e. The molecule has 2 amide bonds. The highest BCUT2D eigenvalue weighted by Crippen LogP contribution is 2.28. The molecule has 7 nitrogen and oxygen atoms in total. The third-order valence-corrected chi connectivity index (χ3v) is 4.62. The maximum absolute atomic E-state index is 12.7. The summed E-state index contributed by atoms with van der Waals surface area (Å²) >= 11 is 0. The topological polar surface area (TPSA) is 105 Å². The van der Waals surface area contributed by atoms with Gasteiger partial charge in [-0.3, -0.25) is 14.4 Å². The van der Waals surface area contributed by atoms with Crippen LogP contribution in [0.15, 0.2) is 53.6 Å². The van der Waals surface area contributed by atoms with E-state index in [1.54, 1.807) is 30.3 Å². The zero-order chi connectivity index (χ0) is 20.4. The highest BCUT2D eigenvalue weighted by Gasteiger charge is 2.43. The Labute approximate surface area is 163 Å². The van der Waals surface area contributed by atoms with E-state index in [9.17, 15) is 14.4 Å². The molecular weight excluding hydrogens is 356 g/mol. The number of hydrogen-bond acceptors (Lipinski definition) is 5. The molecule has 3 rings (SSSR count). The van der Waals surface area contributed by atoms with Crippen LogP contribution in [0.4, 0.5) is 11.4 Å². The predicted molar refractivity (Wildman–Crippen MR) is 108 cm³/mol. The summed E-state index contributed by atoms with van der Waals surface area (Å²) in [4.78, 5) is 38.0. The number of rotatable bonds is 5. The fourth-order valence-corrected chi connectivity index (χ4v) is 3.12. The van der Waals surface area contributed by atoms with Crippen molar-refractivity contribution in [2.45, 2.75) is 26.7 Å². The van der Waals surface area contributed by atoms with Gasteiger partial charge in [0, 0.05) is 5.69 Å². The summed E-state index contributed by atoms with van der Waals surface area (Å²) in [6.45, 7) is 5.84. The number of benzene rings is 2. The molecule has 0 bridgehead atoms. The van der Waals surface area contributed by atoms with Gasteiger partial charge in [0.1, 0.15) is 5.84 Å². The number of ketones is 1. The molecule has 0 spiro atoms. The quantitative estimate of drug-likeness (QED) is 0.616. The first-order valence-electron chi connectivity index (χ1n) is 8.99. The molecule has 1 aliphatic heterocycles. The summed E-state index contributed by atoms with van der Waals surface area (Å²) in [6.07, 6.45) is 0. The van der Waals surface area contributed by atoms with Crippen LogP contribution in [-0.2, 0) is 14.4 Å². The van der Waals surface area contributed by atoms with Gasteiger partial charge in [0.15, 0.2) is 5.92 Å². The summed E-state index contributed by atoms with van der Waals surface area (Å²) < 4.78 is 0. The molecule has 1 heterocycles. The third-order valence-electron chi connectivity index (χ3n) is 4.62. The number of anilines is 2. The number of nitrogens with zero attached hydrogens (tertiary/aromatic N) is 2. The van der Waals surface area contributed by atoms with Crippen molar-refractivity contribution in [3.05, 3.63) is 59.7 Å². The average molecular weight is 378 g/mol. The number of amides is 2. The molecule has 1 aliphatic rings. The molecule has 1 atom stereocenters. The number of carbonyl (C=O) groups excluding carboxylic acids is 3. The summed E-state index contributed by atoms with van der Waals surface area (Å²) in [5.74, 6) is -3.92. The van der Waals surface area contributed by atoms with E-state index in [0.29, 0.717) is 11.4 Å². The van der Waals surface area contributed by atoms with Crippen LogP contribution in [0.2, 0.25) is 0 Å². The predicted octanol–water partition coefficient (Wildman–Crippen LogP) is 2.56. The van der Waals surface area contributed by atoms with Crippen LogP contribution in [0, 0.1) is 12.8 Å². The number of nitrogens with one attached hydrogen (secondary N) is 1. The van der Waals surface area contributed by atoms with Gasteiger partial charge in [0.25, 0.3) is 11.8 Å². The molecule has 0 radical (unpaired) electrons. The van der Waals surface area contributed by atoms with E-state index in [0.717, 1.165) is 16.1 Å². The van der Waals surface area contributed by atoms with Crippen molar-refractivity contribution in [1.29, 1.82) is 0 Å². The average Bonchev–Trinajstić information content (AvgIpc) is 2.97. The number of para-hydroxylation sites is 2. The van der Waals surface area contributed by atoms with Gasteiger partial charge < -0.3 is 11.1 Å². The van der Waals surface area contributed by atoms with Gasteiger partial charge in [0.2, 0.25) is 5.78 Å². The van der Waals surface area contributed by atoms with Gasteiger partial charge in [0.05, 0.1) is 5.69 Å². The highest BCUT2D eigenvalue weighted by atomic mass is 16.2. The first kappa shape index (κ1) is 19.3. The second kappa shape index (κ2) is 7.64. The zero-order valence-corrected chi connectivity index (χ0v) is 16.0. The molecule has 3 N–H and O–H groups in total.